The van der Waals surface area contributed by atoms with E-state index in [1.54, 1.807) is 0 Å². The van der Waals surface area contributed by atoms with Crippen LogP contribution in [-0.4, -0.2) is 31.1 Å². The van der Waals surface area contributed by atoms with Gasteiger partial charge in [0, 0.05) is 12.6 Å². The van der Waals surface area contributed by atoms with Crippen molar-refractivity contribution in [2.24, 2.45) is 11.7 Å². The second-order valence-electron chi connectivity index (χ2n) is 5.77. The Morgan fingerprint density at radius 3 is 2.32 bits per heavy atom. The molecule has 0 amide bonds. The number of hydrogen-bond acceptors (Lipinski definition) is 3. The molecule has 19 heavy (non-hydrogen) atoms. The van der Waals surface area contributed by atoms with E-state index in [-0.39, 0.29) is 0 Å². The fraction of sp³-hybridized carbons (Fsp3) is 0.625. The van der Waals surface area contributed by atoms with Crippen LogP contribution in [0.25, 0.3) is 0 Å². The Balaban J connectivity index is 1.99. The van der Waals surface area contributed by atoms with E-state index < -0.39 is 0 Å². The monoisotopic (exact) mass is 262 g/mol. The molecule has 3 nitrogen and oxygen atoms in total. The molecule has 106 valence electrons. The summed E-state index contributed by atoms with van der Waals surface area (Å²) < 4.78 is 5.72. The van der Waals surface area contributed by atoms with Crippen LogP contribution in [0.2, 0.25) is 0 Å². The fourth-order valence-electron chi connectivity index (χ4n) is 2.60. The molecule has 0 spiro atoms. The van der Waals surface area contributed by atoms with Gasteiger partial charge in [-0.05, 0) is 49.5 Å². The number of likely N-dealkylation sites (tertiary alicyclic amines) is 1. The molecule has 0 radical (unpaired) electrons. The average Bonchev–Trinajstić information content (AvgIpc) is 2.92. The highest BCUT2D eigenvalue weighted by molar-refractivity contribution is 5.29. The number of ether oxygens (including phenoxy) is 1. The van der Waals surface area contributed by atoms with Crippen LogP contribution in [0, 0.1) is 5.92 Å². The highest BCUT2D eigenvalue weighted by Crippen LogP contribution is 2.25. The first-order chi connectivity index (χ1) is 9.20. The summed E-state index contributed by atoms with van der Waals surface area (Å²) in [6.07, 6.45) is 2.60. The van der Waals surface area contributed by atoms with Gasteiger partial charge in [-0.1, -0.05) is 26.0 Å². The van der Waals surface area contributed by atoms with Gasteiger partial charge >= 0.3 is 0 Å². The molecule has 0 saturated carbocycles. The third kappa shape index (κ3) is 3.95. The average molecular weight is 262 g/mol. The van der Waals surface area contributed by atoms with Gasteiger partial charge in [0.25, 0.3) is 0 Å². The van der Waals surface area contributed by atoms with Crippen molar-refractivity contribution in [1.29, 1.82) is 0 Å². The van der Waals surface area contributed by atoms with Crippen molar-refractivity contribution in [3.8, 4) is 5.75 Å². The van der Waals surface area contributed by atoms with Crippen molar-refractivity contribution in [1.82, 2.24) is 4.90 Å². The molecular weight excluding hydrogens is 236 g/mol. The van der Waals surface area contributed by atoms with Crippen molar-refractivity contribution >= 4 is 0 Å². The number of nitrogens with zero attached hydrogens (tertiary/aromatic N) is 1. The van der Waals surface area contributed by atoms with E-state index in [1.807, 2.05) is 0 Å². The lowest BCUT2D eigenvalue weighted by atomic mass is 10.1. The van der Waals surface area contributed by atoms with Crippen LogP contribution in [0.3, 0.4) is 0 Å². The summed E-state index contributed by atoms with van der Waals surface area (Å²) in [6, 6.07) is 8.81. The summed E-state index contributed by atoms with van der Waals surface area (Å²) in [4.78, 5) is 2.49. The van der Waals surface area contributed by atoms with E-state index in [1.165, 1.54) is 31.5 Å². The summed E-state index contributed by atoms with van der Waals surface area (Å²) in [7, 11) is 0. The predicted octanol–water partition coefficient (Wildman–Crippen LogP) is 2.82. The molecule has 1 heterocycles. The lowest BCUT2D eigenvalue weighted by Gasteiger charge is -2.26. The molecule has 1 aromatic rings. The van der Waals surface area contributed by atoms with Gasteiger partial charge in [-0.15, -0.1) is 0 Å². The van der Waals surface area contributed by atoms with Crippen molar-refractivity contribution < 1.29 is 4.74 Å². The van der Waals surface area contributed by atoms with Crippen LogP contribution in [0.5, 0.6) is 5.75 Å². The van der Waals surface area contributed by atoms with Gasteiger partial charge in [-0.3, -0.25) is 4.90 Å². The topological polar surface area (TPSA) is 38.5 Å². The molecule has 0 aliphatic carbocycles. The minimum absolute atomic E-state index is 0.363. The van der Waals surface area contributed by atoms with Gasteiger partial charge in [0.2, 0.25) is 0 Å². The van der Waals surface area contributed by atoms with Crippen molar-refractivity contribution in [2.75, 3.05) is 26.2 Å². The van der Waals surface area contributed by atoms with Gasteiger partial charge in [-0.25, -0.2) is 0 Å². The lowest BCUT2D eigenvalue weighted by Crippen LogP contribution is -2.31. The second-order valence-corrected chi connectivity index (χ2v) is 5.77. The van der Waals surface area contributed by atoms with Crippen molar-refractivity contribution in [2.45, 2.75) is 32.7 Å². The normalized spacial score (nSPS) is 17.9. The maximum atomic E-state index is 5.95. The fourth-order valence-corrected chi connectivity index (χ4v) is 2.60. The number of benzene rings is 1. The van der Waals surface area contributed by atoms with Crippen molar-refractivity contribution in [3.63, 3.8) is 0 Å². The molecule has 1 saturated heterocycles. The van der Waals surface area contributed by atoms with Gasteiger partial charge in [0.15, 0.2) is 0 Å². The summed E-state index contributed by atoms with van der Waals surface area (Å²) in [5.74, 6) is 1.51. The first-order valence-electron chi connectivity index (χ1n) is 7.37. The third-order valence-corrected chi connectivity index (χ3v) is 3.65. The van der Waals surface area contributed by atoms with Gasteiger partial charge in [0.1, 0.15) is 5.75 Å². The first-order valence-corrected chi connectivity index (χ1v) is 7.37. The SMILES string of the molecule is CC(C)COc1ccc(C(CN)N2CCCC2)cc1. The van der Waals surface area contributed by atoms with Gasteiger partial charge in [-0.2, -0.15) is 0 Å². The molecule has 1 aliphatic heterocycles. The number of hydrogen-bond donors (Lipinski definition) is 1. The molecule has 0 bridgehead atoms. The first kappa shape index (κ1) is 14.4. The van der Waals surface area contributed by atoms with Crippen LogP contribution >= 0.6 is 0 Å². The Morgan fingerprint density at radius 2 is 1.79 bits per heavy atom. The largest absolute Gasteiger partial charge is 0.493 e. The third-order valence-electron chi connectivity index (χ3n) is 3.65. The van der Waals surface area contributed by atoms with Crippen LogP contribution in [0.4, 0.5) is 0 Å². The van der Waals surface area contributed by atoms with Crippen LogP contribution in [0.15, 0.2) is 24.3 Å². The highest BCUT2D eigenvalue weighted by atomic mass is 16.5. The summed E-state index contributed by atoms with van der Waals surface area (Å²) in [5, 5.41) is 0. The molecule has 1 aliphatic rings. The Kier molecular flexibility index (Phi) is 5.23. The van der Waals surface area contributed by atoms with E-state index in [0.29, 0.717) is 18.5 Å². The Labute approximate surface area is 116 Å². The van der Waals surface area contributed by atoms with E-state index in [2.05, 4.69) is 43.0 Å². The lowest BCUT2D eigenvalue weighted by molar-refractivity contribution is 0.250. The molecule has 2 N–H and O–H groups in total. The van der Waals surface area contributed by atoms with Gasteiger partial charge < -0.3 is 10.5 Å². The molecule has 1 aromatic carbocycles. The predicted molar refractivity (Wildman–Crippen MR) is 79.4 cm³/mol. The van der Waals surface area contributed by atoms with Crippen LogP contribution < -0.4 is 10.5 Å². The zero-order valence-electron chi connectivity index (χ0n) is 12.1. The van der Waals surface area contributed by atoms with Gasteiger partial charge in [0.05, 0.1) is 6.61 Å². The molecule has 1 atom stereocenters. The summed E-state index contributed by atoms with van der Waals surface area (Å²) in [5.41, 5.74) is 7.25. The quantitative estimate of drug-likeness (QED) is 0.856. The van der Waals surface area contributed by atoms with E-state index in [9.17, 15) is 0 Å². The van der Waals surface area contributed by atoms with Crippen molar-refractivity contribution in [3.05, 3.63) is 29.8 Å². The molecule has 2 rings (SSSR count). The summed E-state index contributed by atoms with van der Waals surface area (Å²) >= 11 is 0. The maximum absolute atomic E-state index is 5.95. The Hall–Kier alpha value is -1.06. The second kappa shape index (κ2) is 6.92. The number of rotatable bonds is 6. The van der Waals surface area contributed by atoms with Crippen LogP contribution in [0.1, 0.15) is 38.3 Å². The minimum Gasteiger partial charge on any atom is -0.493 e. The van der Waals surface area contributed by atoms with E-state index >= 15 is 0 Å². The Bertz CT molecular complexity index is 369. The summed E-state index contributed by atoms with van der Waals surface area (Å²) in [6.45, 7) is 8.12. The molecule has 3 heteroatoms. The number of nitrogens with two attached hydrogens (primary N) is 1. The van der Waals surface area contributed by atoms with Crippen LogP contribution in [-0.2, 0) is 0 Å². The zero-order valence-corrected chi connectivity index (χ0v) is 12.1. The Morgan fingerprint density at radius 1 is 1.16 bits per heavy atom. The highest BCUT2D eigenvalue weighted by Gasteiger charge is 2.21. The molecule has 1 unspecified atom stereocenters. The zero-order chi connectivity index (χ0) is 13.7. The minimum atomic E-state index is 0.363. The maximum Gasteiger partial charge on any atom is 0.119 e. The molecular formula is C16H26N2O. The molecule has 0 aromatic heterocycles. The van der Waals surface area contributed by atoms with E-state index in [0.717, 1.165) is 12.4 Å². The smallest absolute Gasteiger partial charge is 0.119 e. The standard InChI is InChI=1S/C16H26N2O/c1-13(2)12-19-15-7-5-14(6-8-15)16(11-17)18-9-3-4-10-18/h5-8,13,16H,3-4,9-12,17H2,1-2H3. The molecule has 1 fully saturated rings. The van der Waals surface area contributed by atoms with E-state index in [4.69, 9.17) is 10.5 Å².